The van der Waals surface area contributed by atoms with Crippen LogP contribution in [0.3, 0.4) is 0 Å². The molecule has 0 radical (unpaired) electrons. The van der Waals surface area contributed by atoms with Crippen molar-refractivity contribution in [2.75, 3.05) is 40.0 Å². The van der Waals surface area contributed by atoms with Gasteiger partial charge in [0.1, 0.15) is 0 Å². The van der Waals surface area contributed by atoms with Crippen LogP contribution in [0, 0.1) is 0 Å². The lowest BCUT2D eigenvalue weighted by Crippen LogP contribution is -2.34. The summed E-state index contributed by atoms with van der Waals surface area (Å²) < 4.78 is 10.1. The van der Waals surface area contributed by atoms with Crippen LogP contribution in [0.5, 0.6) is 0 Å². The van der Waals surface area contributed by atoms with Crippen LogP contribution in [0.15, 0.2) is 4.99 Å². The van der Waals surface area contributed by atoms with E-state index < -0.39 is 0 Å². The number of hydrogen-bond donors (Lipinski definition) is 2. The first kappa shape index (κ1) is 17.3. The Balaban J connectivity index is 0. The molecule has 3 N–H and O–H groups in total. The van der Waals surface area contributed by atoms with Crippen LogP contribution in [0.2, 0.25) is 0 Å². The van der Waals surface area contributed by atoms with Gasteiger partial charge < -0.3 is 20.5 Å². The molecule has 0 saturated carbocycles. The zero-order valence-electron chi connectivity index (χ0n) is 9.49. The van der Waals surface area contributed by atoms with Crippen molar-refractivity contribution in [1.82, 2.24) is 5.32 Å². The van der Waals surface area contributed by atoms with Crippen molar-refractivity contribution in [1.29, 1.82) is 0 Å². The maximum absolute atomic E-state index is 5.56. The Labute approximate surface area is 109 Å². The topological polar surface area (TPSA) is 68.9 Å². The van der Waals surface area contributed by atoms with E-state index in [1.807, 2.05) is 0 Å². The van der Waals surface area contributed by atoms with Crippen LogP contribution in [-0.4, -0.2) is 46.0 Å². The van der Waals surface area contributed by atoms with E-state index in [0.29, 0.717) is 32.3 Å². The Bertz CT molecular complexity index is 156. The molecule has 0 heterocycles. The van der Waals surface area contributed by atoms with Gasteiger partial charge in [-0.2, -0.15) is 0 Å². The van der Waals surface area contributed by atoms with Crippen LogP contribution in [-0.2, 0) is 9.47 Å². The standard InChI is InChI=1S/C9H21N3O2.HI/c1-3-4-11-9(10)12-5-6-14-8-7-13-2;/h3-8H2,1-2H3,(H3,10,11,12);1H. The molecule has 0 fully saturated rings. The van der Waals surface area contributed by atoms with Gasteiger partial charge in [0.15, 0.2) is 5.96 Å². The van der Waals surface area contributed by atoms with E-state index >= 15 is 0 Å². The summed E-state index contributed by atoms with van der Waals surface area (Å²) in [6.45, 7) is 5.37. The van der Waals surface area contributed by atoms with Gasteiger partial charge in [0.2, 0.25) is 0 Å². The minimum Gasteiger partial charge on any atom is -0.382 e. The fourth-order valence-electron chi connectivity index (χ4n) is 0.784. The quantitative estimate of drug-likeness (QED) is 0.296. The molecule has 0 aliphatic heterocycles. The van der Waals surface area contributed by atoms with E-state index in [1.165, 1.54) is 0 Å². The molecule has 0 aromatic carbocycles. The normalized spacial score (nSPS) is 10.9. The smallest absolute Gasteiger partial charge is 0.188 e. The zero-order chi connectivity index (χ0) is 10.6. The van der Waals surface area contributed by atoms with Crippen LogP contribution in [0.25, 0.3) is 0 Å². The molecule has 5 nitrogen and oxygen atoms in total. The first-order valence-corrected chi connectivity index (χ1v) is 4.91. The number of guanidine groups is 1. The van der Waals surface area contributed by atoms with Gasteiger partial charge in [-0.15, -0.1) is 24.0 Å². The fraction of sp³-hybridized carbons (Fsp3) is 0.889. The highest BCUT2D eigenvalue weighted by Crippen LogP contribution is 1.77. The summed E-state index contributed by atoms with van der Waals surface area (Å²) in [6.07, 6.45) is 1.01. The van der Waals surface area contributed by atoms with Crippen molar-refractivity contribution in [3.8, 4) is 0 Å². The van der Waals surface area contributed by atoms with Crippen molar-refractivity contribution in [2.24, 2.45) is 10.7 Å². The van der Waals surface area contributed by atoms with Crippen molar-refractivity contribution in [3.05, 3.63) is 0 Å². The predicted molar refractivity (Wildman–Crippen MR) is 72.9 cm³/mol. The lowest BCUT2D eigenvalue weighted by Gasteiger charge is -2.06. The number of methoxy groups -OCH3 is 1. The summed E-state index contributed by atoms with van der Waals surface area (Å²) >= 11 is 0. The van der Waals surface area contributed by atoms with Gasteiger partial charge in [0.05, 0.1) is 19.8 Å². The Morgan fingerprint density at radius 3 is 2.67 bits per heavy atom. The molecule has 0 atom stereocenters. The lowest BCUT2D eigenvalue weighted by atomic mass is 10.5. The highest BCUT2D eigenvalue weighted by atomic mass is 127. The van der Waals surface area contributed by atoms with Gasteiger partial charge in [-0.25, -0.2) is 0 Å². The number of hydrogen-bond acceptors (Lipinski definition) is 3. The summed E-state index contributed by atoms with van der Waals surface area (Å²) in [5.41, 5.74) is 5.56. The zero-order valence-corrected chi connectivity index (χ0v) is 11.8. The van der Waals surface area contributed by atoms with E-state index in [-0.39, 0.29) is 24.0 Å². The number of nitrogens with two attached hydrogens (primary N) is 1. The summed E-state index contributed by atoms with van der Waals surface area (Å²) in [6, 6.07) is 0. The van der Waals surface area contributed by atoms with Gasteiger partial charge in [-0.1, -0.05) is 6.92 Å². The highest BCUT2D eigenvalue weighted by molar-refractivity contribution is 14.0. The first-order chi connectivity index (χ1) is 6.81. The number of nitrogens with one attached hydrogen (secondary N) is 1. The third-order valence-corrected chi connectivity index (χ3v) is 1.49. The van der Waals surface area contributed by atoms with Gasteiger partial charge >= 0.3 is 0 Å². The van der Waals surface area contributed by atoms with E-state index in [1.54, 1.807) is 7.11 Å². The number of halogens is 1. The highest BCUT2D eigenvalue weighted by Gasteiger charge is 1.90. The van der Waals surface area contributed by atoms with Gasteiger partial charge in [-0.3, -0.25) is 4.99 Å². The van der Waals surface area contributed by atoms with Crippen LogP contribution >= 0.6 is 24.0 Å². The van der Waals surface area contributed by atoms with Crippen LogP contribution in [0.1, 0.15) is 13.3 Å². The van der Waals surface area contributed by atoms with Crippen molar-refractivity contribution >= 4 is 29.9 Å². The van der Waals surface area contributed by atoms with Gasteiger partial charge in [0.25, 0.3) is 0 Å². The molecule has 15 heavy (non-hydrogen) atoms. The molecular weight excluding hydrogens is 309 g/mol. The molecule has 92 valence electrons. The van der Waals surface area contributed by atoms with Crippen molar-refractivity contribution in [3.63, 3.8) is 0 Å². The predicted octanol–water partition coefficient (Wildman–Crippen LogP) is 0.582. The molecule has 0 bridgehead atoms. The molecule has 0 aliphatic rings. The molecule has 0 amide bonds. The van der Waals surface area contributed by atoms with Gasteiger partial charge in [-0.05, 0) is 6.42 Å². The SMILES string of the molecule is CCCN=C(N)NCCOCCOC.I. The molecule has 6 heteroatoms. The largest absolute Gasteiger partial charge is 0.382 e. The Kier molecular flexibility index (Phi) is 16.1. The number of nitrogens with zero attached hydrogens (tertiary/aromatic N) is 1. The second-order valence-electron chi connectivity index (χ2n) is 2.80. The number of rotatable bonds is 8. The van der Waals surface area contributed by atoms with E-state index in [0.717, 1.165) is 13.0 Å². The minimum atomic E-state index is 0. The third-order valence-electron chi connectivity index (χ3n) is 1.49. The molecule has 0 aromatic heterocycles. The maximum Gasteiger partial charge on any atom is 0.188 e. The summed E-state index contributed by atoms with van der Waals surface area (Å²) in [7, 11) is 1.65. The summed E-state index contributed by atoms with van der Waals surface area (Å²) in [4.78, 5) is 4.08. The molecular formula is C9H22IN3O2. The summed E-state index contributed by atoms with van der Waals surface area (Å²) in [5.74, 6) is 0.488. The summed E-state index contributed by atoms with van der Waals surface area (Å²) in [5, 5.41) is 2.96. The molecule has 0 rings (SSSR count). The molecule has 0 aliphatic carbocycles. The molecule has 0 spiro atoms. The van der Waals surface area contributed by atoms with E-state index in [2.05, 4.69) is 17.2 Å². The molecule has 0 saturated heterocycles. The lowest BCUT2D eigenvalue weighted by molar-refractivity contribution is 0.0734. The van der Waals surface area contributed by atoms with Crippen molar-refractivity contribution < 1.29 is 9.47 Å². The average molecular weight is 331 g/mol. The van der Waals surface area contributed by atoms with E-state index in [4.69, 9.17) is 15.2 Å². The second kappa shape index (κ2) is 13.9. The average Bonchev–Trinajstić information content (AvgIpc) is 2.20. The van der Waals surface area contributed by atoms with Gasteiger partial charge in [0, 0.05) is 20.2 Å². The van der Waals surface area contributed by atoms with E-state index in [9.17, 15) is 0 Å². The first-order valence-electron chi connectivity index (χ1n) is 4.91. The molecule has 0 unspecified atom stereocenters. The van der Waals surface area contributed by atoms with Crippen LogP contribution < -0.4 is 11.1 Å². The second-order valence-corrected chi connectivity index (χ2v) is 2.80. The third kappa shape index (κ3) is 13.9. The van der Waals surface area contributed by atoms with Crippen LogP contribution in [0.4, 0.5) is 0 Å². The van der Waals surface area contributed by atoms with Crippen molar-refractivity contribution in [2.45, 2.75) is 13.3 Å². The number of aliphatic imine (C=N–C) groups is 1. The Morgan fingerprint density at radius 2 is 2.07 bits per heavy atom. The minimum absolute atomic E-state index is 0. The molecule has 0 aromatic rings. The Morgan fingerprint density at radius 1 is 1.33 bits per heavy atom. The number of ether oxygens (including phenoxy) is 2. The maximum atomic E-state index is 5.56. The fourth-order valence-corrected chi connectivity index (χ4v) is 0.784. The Hall–Kier alpha value is -0.0800. The monoisotopic (exact) mass is 331 g/mol.